The molecule has 0 amide bonds. The van der Waals surface area contributed by atoms with Crippen LogP contribution < -0.4 is 0 Å². The van der Waals surface area contributed by atoms with Gasteiger partial charge in [-0.3, -0.25) is 0 Å². The van der Waals surface area contributed by atoms with Crippen molar-refractivity contribution in [1.82, 2.24) is 0 Å². The standard InChI is InChI=1S/2Al.ClH.3O/h;;1H;;;/q2*+3;;3*-2. The van der Waals surface area contributed by atoms with Crippen molar-refractivity contribution in [1.29, 1.82) is 0 Å². The van der Waals surface area contributed by atoms with Gasteiger partial charge in [0.25, 0.3) is 0 Å². The van der Waals surface area contributed by atoms with E-state index >= 15 is 0 Å². The molecule has 0 atom stereocenters. The van der Waals surface area contributed by atoms with Crippen molar-refractivity contribution in [2.24, 2.45) is 0 Å². The third kappa shape index (κ3) is 61.6. The Balaban J connectivity index is 0. The molecule has 3 nitrogen and oxygen atoms in total. The summed E-state index contributed by atoms with van der Waals surface area (Å²) in [5, 5.41) is 0. The van der Waals surface area contributed by atoms with Gasteiger partial charge in [-0.2, -0.15) is 0 Å². The Kier molecular flexibility index (Phi) is 3440. The van der Waals surface area contributed by atoms with Crippen LogP contribution in [0.3, 0.4) is 0 Å². The molecule has 0 saturated heterocycles. The van der Waals surface area contributed by atoms with Crippen LogP contribution in [0.15, 0.2) is 0 Å². The van der Waals surface area contributed by atoms with Gasteiger partial charge >= 0.3 is 34.7 Å². The topological polar surface area (TPSA) is 85.5 Å². The summed E-state index contributed by atoms with van der Waals surface area (Å²) in [5.74, 6) is 0. The first-order chi connectivity index (χ1) is 0. The van der Waals surface area contributed by atoms with Crippen molar-refractivity contribution in [2.75, 3.05) is 0 Å². The van der Waals surface area contributed by atoms with Crippen LogP contribution >= 0.6 is 12.4 Å². The van der Waals surface area contributed by atoms with E-state index in [1.807, 2.05) is 0 Å². The average molecular weight is 138 g/mol. The van der Waals surface area contributed by atoms with Gasteiger partial charge in [0, 0.05) is 0 Å². The second kappa shape index (κ2) is 112. The summed E-state index contributed by atoms with van der Waals surface area (Å²) in [4.78, 5) is 0. The van der Waals surface area contributed by atoms with Crippen molar-refractivity contribution in [3.63, 3.8) is 0 Å². The number of halogens is 1. The molecule has 0 radical (unpaired) electrons. The maximum atomic E-state index is 0. The predicted octanol–water partition coefficient (Wildman–Crippen LogP) is -0.696. The van der Waals surface area contributed by atoms with Gasteiger partial charge in [0.1, 0.15) is 0 Å². The maximum absolute atomic E-state index is 0. The minimum atomic E-state index is 0. The van der Waals surface area contributed by atoms with Crippen LogP contribution in [-0.2, 0) is 16.4 Å². The summed E-state index contributed by atoms with van der Waals surface area (Å²) in [7, 11) is 0. The molecule has 0 rings (SSSR count). The summed E-state index contributed by atoms with van der Waals surface area (Å²) in [6, 6.07) is 0. The summed E-state index contributed by atoms with van der Waals surface area (Å²) >= 11 is 0. The second-order valence-corrected chi connectivity index (χ2v) is 0. The molecule has 0 aliphatic carbocycles. The first-order valence-corrected chi connectivity index (χ1v) is 0. The van der Waals surface area contributed by atoms with Crippen molar-refractivity contribution < 1.29 is 16.4 Å². The van der Waals surface area contributed by atoms with E-state index in [9.17, 15) is 0 Å². The Morgan fingerprint density at radius 3 is 0.500 bits per heavy atom. The quantitative estimate of drug-likeness (QED) is 0.397. The molecule has 0 spiro atoms. The van der Waals surface area contributed by atoms with Crippen molar-refractivity contribution in [3.8, 4) is 0 Å². The molecule has 0 aliphatic heterocycles. The van der Waals surface area contributed by atoms with Gasteiger partial charge in [0.15, 0.2) is 0 Å². The number of hydrogen-bond donors (Lipinski definition) is 0. The van der Waals surface area contributed by atoms with Gasteiger partial charge in [-0.1, -0.05) is 0 Å². The molecule has 0 aromatic rings. The zero-order chi connectivity index (χ0) is 0. The fourth-order valence-electron chi connectivity index (χ4n) is 0. The first kappa shape index (κ1) is 184. The molecule has 6 heavy (non-hydrogen) atoms. The largest absolute Gasteiger partial charge is 3.00 e. The monoisotopic (exact) mass is 138 g/mol. The van der Waals surface area contributed by atoms with E-state index < -0.39 is 0 Å². The zero-order valence-electron chi connectivity index (χ0n) is 2.79. The molecule has 0 unspecified atom stereocenters. The SMILES string of the molecule is Cl.[Al+3].[Al+3].[O-2].[O-2].[O-2]. The summed E-state index contributed by atoms with van der Waals surface area (Å²) in [6.07, 6.45) is 0. The Morgan fingerprint density at radius 2 is 0.500 bits per heavy atom. The van der Waals surface area contributed by atoms with E-state index in [1.54, 1.807) is 0 Å². The van der Waals surface area contributed by atoms with Gasteiger partial charge in [0.2, 0.25) is 0 Å². The molecule has 0 saturated carbocycles. The minimum absolute atomic E-state index is 0. The van der Waals surface area contributed by atoms with E-state index in [4.69, 9.17) is 0 Å². The van der Waals surface area contributed by atoms with Crippen molar-refractivity contribution >= 4 is 47.1 Å². The zero-order valence-corrected chi connectivity index (χ0v) is 5.91. The van der Waals surface area contributed by atoms with Gasteiger partial charge in [-0.25, -0.2) is 0 Å². The van der Waals surface area contributed by atoms with E-state index in [0.29, 0.717) is 0 Å². The second-order valence-electron chi connectivity index (χ2n) is 0. The van der Waals surface area contributed by atoms with E-state index in [2.05, 4.69) is 0 Å². The van der Waals surface area contributed by atoms with Crippen LogP contribution in [0.25, 0.3) is 0 Å². The Labute approximate surface area is 63.7 Å². The molecular weight excluding hydrogens is 137 g/mol. The molecule has 0 fully saturated rings. The third-order valence-electron chi connectivity index (χ3n) is 0. The molecule has 0 N–H and O–H groups in total. The molecule has 0 heterocycles. The van der Waals surface area contributed by atoms with Crippen molar-refractivity contribution in [3.05, 3.63) is 0 Å². The molecule has 0 bridgehead atoms. The van der Waals surface area contributed by atoms with Crippen LogP contribution in [0, 0.1) is 0 Å². The molecule has 0 aliphatic rings. The summed E-state index contributed by atoms with van der Waals surface area (Å²) < 4.78 is 0. The molecule has 0 aromatic heterocycles. The predicted molar refractivity (Wildman–Crippen MR) is 20.8 cm³/mol. The van der Waals surface area contributed by atoms with Crippen LogP contribution in [-0.4, -0.2) is 34.7 Å². The third-order valence-corrected chi connectivity index (χ3v) is 0. The fraction of sp³-hybridized carbons (Fsp3) is 0. The van der Waals surface area contributed by atoms with Gasteiger partial charge in [0.05, 0.1) is 0 Å². The Morgan fingerprint density at radius 1 is 0.500 bits per heavy atom. The summed E-state index contributed by atoms with van der Waals surface area (Å²) in [5.41, 5.74) is 0. The molecular formula is HAl2ClO3. The van der Waals surface area contributed by atoms with E-state index in [0.717, 1.165) is 0 Å². The average Bonchev–Trinajstić information content (AvgIpc) is 0. The first-order valence-electron chi connectivity index (χ1n) is 0. The van der Waals surface area contributed by atoms with Crippen LogP contribution in [0.1, 0.15) is 0 Å². The Bertz CT molecular complexity index is 8.75. The molecule has 6 heteroatoms. The maximum Gasteiger partial charge on any atom is 3.00 e. The Hall–Kier alpha value is 1.23. The van der Waals surface area contributed by atoms with Crippen LogP contribution in [0.5, 0.6) is 0 Å². The smallest absolute Gasteiger partial charge is 2.00 e. The van der Waals surface area contributed by atoms with Gasteiger partial charge in [-0.15, -0.1) is 12.4 Å². The number of rotatable bonds is 0. The van der Waals surface area contributed by atoms with Crippen LogP contribution in [0.2, 0.25) is 0 Å². The summed E-state index contributed by atoms with van der Waals surface area (Å²) in [6.45, 7) is 0. The van der Waals surface area contributed by atoms with E-state index in [-0.39, 0.29) is 63.6 Å². The number of hydrogen-bond acceptors (Lipinski definition) is 0. The molecule has 32 valence electrons. The molecule has 0 aromatic carbocycles. The van der Waals surface area contributed by atoms with Crippen LogP contribution in [0.4, 0.5) is 0 Å². The fourth-order valence-corrected chi connectivity index (χ4v) is 0. The van der Waals surface area contributed by atoms with E-state index in [1.165, 1.54) is 0 Å². The van der Waals surface area contributed by atoms with Gasteiger partial charge < -0.3 is 16.4 Å². The van der Waals surface area contributed by atoms with Crippen molar-refractivity contribution in [2.45, 2.75) is 0 Å². The normalized spacial score (nSPS) is 0. The minimum Gasteiger partial charge on any atom is -2.00 e. The van der Waals surface area contributed by atoms with Gasteiger partial charge in [-0.05, 0) is 0 Å².